The molecule has 94 valence electrons. The van der Waals surface area contributed by atoms with Gasteiger partial charge in [0.25, 0.3) is 0 Å². The third kappa shape index (κ3) is 2.27. The van der Waals surface area contributed by atoms with E-state index in [2.05, 4.69) is 23.6 Å². The second-order valence-corrected chi connectivity index (χ2v) is 5.77. The fourth-order valence-electron chi connectivity index (χ4n) is 3.55. The highest BCUT2D eigenvalue weighted by Crippen LogP contribution is 2.41. The summed E-state index contributed by atoms with van der Waals surface area (Å²) < 4.78 is 0. The summed E-state index contributed by atoms with van der Waals surface area (Å²) in [5, 5.41) is 0. The van der Waals surface area contributed by atoms with Gasteiger partial charge < -0.3 is 10.6 Å². The monoisotopic (exact) mass is 225 g/mol. The van der Waals surface area contributed by atoms with Gasteiger partial charge in [-0.2, -0.15) is 0 Å². The minimum atomic E-state index is 0.373. The molecule has 0 atom stereocenters. The van der Waals surface area contributed by atoms with Crippen LogP contribution in [-0.4, -0.2) is 54.6 Å². The van der Waals surface area contributed by atoms with Crippen molar-refractivity contribution in [2.45, 2.75) is 38.6 Å². The Morgan fingerprint density at radius 3 is 2.25 bits per heavy atom. The van der Waals surface area contributed by atoms with Gasteiger partial charge in [0.1, 0.15) is 0 Å². The van der Waals surface area contributed by atoms with Gasteiger partial charge in [0.15, 0.2) is 0 Å². The summed E-state index contributed by atoms with van der Waals surface area (Å²) >= 11 is 0. The van der Waals surface area contributed by atoms with Gasteiger partial charge in [-0.3, -0.25) is 4.90 Å². The molecule has 0 aromatic carbocycles. The van der Waals surface area contributed by atoms with Gasteiger partial charge >= 0.3 is 0 Å². The highest BCUT2D eigenvalue weighted by Gasteiger charge is 2.45. The normalized spacial score (nSPS) is 37.3. The quantitative estimate of drug-likeness (QED) is 0.779. The number of rotatable bonds is 4. The molecule has 2 N–H and O–H groups in total. The molecule has 1 aliphatic carbocycles. The highest BCUT2D eigenvalue weighted by atomic mass is 15.3. The summed E-state index contributed by atoms with van der Waals surface area (Å²) in [5.41, 5.74) is 6.37. The molecule has 0 aromatic heterocycles. The van der Waals surface area contributed by atoms with E-state index in [4.69, 9.17) is 5.73 Å². The zero-order valence-electron chi connectivity index (χ0n) is 10.9. The lowest BCUT2D eigenvalue weighted by atomic mass is 9.68. The SMILES string of the molecule is CCCN1CCN(C2(CN)CC(C)C2)CC1. The van der Waals surface area contributed by atoms with Gasteiger partial charge in [-0.05, 0) is 31.7 Å². The van der Waals surface area contributed by atoms with E-state index < -0.39 is 0 Å². The number of hydrogen-bond donors (Lipinski definition) is 1. The first-order chi connectivity index (χ1) is 7.70. The van der Waals surface area contributed by atoms with Gasteiger partial charge in [0.2, 0.25) is 0 Å². The molecule has 1 saturated heterocycles. The third-order valence-electron chi connectivity index (χ3n) is 4.42. The van der Waals surface area contributed by atoms with Gasteiger partial charge in [-0.1, -0.05) is 13.8 Å². The number of nitrogens with two attached hydrogens (primary N) is 1. The molecule has 1 heterocycles. The summed E-state index contributed by atoms with van der Waals surface area (Å²) in [6, 6.07) is 0. The maximum absolute atomic E-state index is 6.00. The fraction of sp³-hybridized carbons (Fsp3) is 1.00. The van der Waals surface area contributed by atoms with Crippen molar-refractivity contribution in [3.63, 3.8) is 0 Å². The molecule has 3 heteroatoms. The smallest absolute Gasteiger partial charge is 0.0337 e. The summed E-state index contributed by atoms with van der Waals surface area (Å²) in [6.07, 6.45) is 3.91. The minimum absolute atomic E-state index is 0.373. The first-order valence-corrected chi connectivity index (χ1v) is 6.87. The van der Waals surface area contributed by atoms with Crippen molar-refractivity contribution in [1.29, 1.82) is 0 Å². The van der Waals surface area contributed by atoms with E-state index in [9.17, 15) is 0 Å². The van der Waals surface area contributed by atoms with Crippen molar-refractivity contribution in [3.05, 3.63) is 0 Å². The molecule has 0 amide bonds. The van der Waals surface area contributed by atoms with Gasteiger partial charge in [0.05, 0.1) is 0 Å². The van der Waals surface area contributed by atoms with Crippen molar-refractivity contribution in [2.75, 3.05) is 39.3 Å². The summed E-state index contributed by atoms with van der Waals surface area (Å²) in [5.74, 6) is 0.886. The maximum Gasteiger partial charge on any atom is 0.0337 e. The Hall–Kier alpha value is -0.120. The molecule has 2 fully saturated rings. The molecule has 0 radical (unpaired) electrons. The zero-order valence-corrected chi connectivity index (χ0v) is 10.9. The minimum Gasteiger partial charge on any atom is -0.329 e. The van der Waals surface area contributed by atoms with E-state index in [0.717, 1.165) is 12.5 Å². The van der Waals surface area contributed by atoms with Crippen molar-refractivity contribution in [2.24, 2.45) is 11.7 Å². The Bertz CT molecular complexity index is 215. The van der Waals surface area contributed by atoms with Crippen molar-refractivity contribution >= 4 is 0 Å². The Morgan fingerprint density at radius 2 is 1.81 bits per heavy atom. The van der Waals surface area contributed by atoms with E-state index in [1.165, 1.54) is 52.0 Å². The maximum atomic E-state index is 6.00. The average molecular weight is 225 g/mol. The Labute approximate surface area is 100.0 Å². The average Bonchev–Trinajstić information content (AvgIpc) is 2.26. The molecule has 0 spiro atoms. The van der Waals surface area contributed by atoms with E-state index in [1.807, 2.05) is 0 Å². The van der Waals surface area contributed by atoms with Crippen LogP contribution in [0.4, 0.5) is 0 Å². The zero-order chi connectivity index (χ0) is 11.6. The van der Waals surface area contributed by atoms with Gasteiger partial charge in [-0.15, -0.1) is 0 Å². The molecule has 1 saturated carbocycles. The first kappa shape index (κ1) is 12.3. The predicted octanol–water partition coefficient (Wildman–Crippen LogP) is 1.14. The molecule has 0 bridgehead atoms. The fourth-order valence-corrected chi connectivity index (χ4v) is 3.55. The molecule has 0 unspecified atom stereocenters. The highest BCUT2D eigenvalue weighted by molar-refractivity contribution is 5.03. The van der Waals surface area contributed by atoms with Crippen LogP contribution in [0.5, 0.6) is 0 Å². The second-order valence-electron chi connectivity index (χ2n) is 5.77. The van der Waals surface area contributed by atoms with Gasteiger partial charge in [-0.25, -0.2) is 0 Å². The van der Waals surface area contributed by atoms with Gasteiger partial charge in [0, 0.05) is 38.3 Å². The van der Waals surface area contributed by atoms with Crippen LogP contribution in [0.25, 0.3) is 0 Å². The molecular weight excluding hydrogens is 198 g/mol. The van der Waals surface area contributed by atoms with E-state index >= 15 is 0 Å². The van der Waals surface area contributed by atoms with Crippen LogP contribution in [-0.2, 0) is 0 Å². The molecule has 16 heavy (non-hydrogen) atoms. The Balaban J connectivity index is 1.84. The summed E-state index contributed by atoms with van der Waals surface area (Å²) in [7, 11) is 0. The Morgan fingerprint density at radius 1 is 1.19 bits per heavy atom. The standard InChI is InChI=1S/C13H27N3/c1-3-4-15-5-7-16(8-6-15)13(11-14)9-12(2)10-13/h12H,3-11,14H2,1-2H3. The van der Waals surface area contributed by atoms with Crippen LogP contribution in [0.2, 0.25) is 0 Å². The lowest BCUT2D eigenvalue weighted by Gasteiger charge is -2.55. The van der Waals surface area contributed by atoms with Crippen LogP contribution in [0.1, 0.15) is 33.1 Å². The van der Waals surface area contributed by atoms with Crippen molar-refractivity contribution in [1.82, 2.24) is 9.80 Å². The van der Waals surface area contributed by atoms with E-state index in [0.29, 0.717) is 5.54 Å². The third-order valence-corrected chi connectivity index (χ3v) is 4.42. The number of nitrogens with zero attached hydrogens (tertiary/aromatic N) is 2. The van der Waals surface area contributed by atoms with Crippen LogP contribution >= 0.6 is 0 Å². The molecule has 2 aliphatic rings. The Kier molecular flexibility index (Phi) is 3.88. The number of piperazine rings is 1. The molecule has 1 aliphatic heterocycles. The molecule has 2 rings (SSSR count). The first-order valence-electron chi connectivity index (χ1n) is 6.87. The lowest BCUT2D eigenvalue weighted by molar-refractivity contribution is -0.0395. The van der Waals surface area contributed by atoms with Crippen LogP contribution in [0.15, 0.2) is 0 Å². The van der Waals surface area contributed by atoms with Crippen LogP contribution < -0.4 is 5.73 Å². The largest absolute Gasteiger partial charge is 0.329 e. The van der Waals surface area contributed by atoms with Crippen LogP contribution in [0, 0.1) is 5.92 Å². The summed E-state index contributed by atoms with van der Waals surface area (Å²) in [4.78, 5) is 5.25. The van der Waals surface area contributed by atoms with E-state index in [1.54, 1.807) is 0 Å². The summed E-state index contributed by atoms with van der Waals surface area (Å²) in [6.45, 7) is 11.7. The molecule has 3 nitrogen and oxygen atoms in total. The van der Waals surface area contributed by atoms with Crippen molar-refractivity contribution in [3.8, 4) is 0 Å². The topological polar surface area (TPSA) is 32.5 Å². The molecule has 0 aromatic rings. The number of hydrogen-bond acceptors (Lipinski definition) is 3. The predicted molar refractivity (Wildman–Crippen MR) is 68.5 cm³/mol. The van der Waals surface area contributed by atoms with E-state index in [-0.39, 0.29) is 0 Å². The second kappa shape index (κ2) is 5.03. The van der Waals surface area contributed by atoms with Crippen LogP contribution in [0.3, 0.4) is 0 Å². The lowest BCUT2D eigenvalue weighted by Crippen LogP contribution is -2.65. The van der Waals surface area contributed by atoms with Crippen molar-refractivity contribution < 1.29 is 0 Å². The molecular formula is C13H27N3.